The molecule has 0 heterocycles. The summed E-state index contributed by atoms with van der Waals surface area (Å²) < 4.78 is 10.7. The Balaban J connectivity index is 3.34. The third kappa shape index (κ3) is 6.70. The predicted molar refractivity (Wildman–Crippen MR) is 53.7 cm³/mol. The van der Waals surface area contributed by atoms with E-state index < -0.39 is 0 Å². The summed E-state index contributed by atoms with van der Waals surface area (Å²) in [6.07, 6.45) is 2.59. The van der Waals surface area contributed by atoms with Crippen molar-refractivity contribution < 1.29 is 14.6 Å². The Hall–Kier alpha value is 0.00987. The van der Waals surface area contributed by atoms with E-state index in [-0.39, 0.29) is 12.9 Å². The second kappa shape index (κ2) is 9.10. The molecule has 70 valence electrons. The van der Waals surface area contributed by atoms with Crippen LogP contribution in [-0.2, 0) is 9.47 Å². The Morgan fingerprint density at radius 2 is 1.67 bits per heavy atom. The molecule has 3 nitrogen and oxygen atoms in total. The van der Waals surface area contributed by atoms with Gasteiger partial charge in [0.05, 0.1) is 0 Å². The van der Waals surface area contributed by atoms with Crippen molar-refractivity contribution >= 4 is 15.7 Å². The molecule has 0 bridgehead atoms. The van der Waals surface area contributed by atoms with Crippen LogP contribution in [0.15, 0.2) is 0 Å². The quantitative estimate of drug-likeness (QED) is 0.280. The van der Waals surface area contributed by atoms with E-state index >= 15 is 0 Å². The molecular formula is C7H18B2O3. The maximum absolute atomic E-state index is 8.56. The lowest BCUT2D eigenvalue weighted by atomic mass is 10.2. The van der Waals surface area contributed by atoms with Crippen LogP contribution in [-0.4, -0.2) is 46.7 Å². The van der Waals surface area contributed by atoms with Gasteiger partial charge < -0.3 is 14.6 Å². The number of aliphatic hydroxyl groups is 1. The third-order valence-corrected chi connectivity index (χ3v) is 1.55. The van der Waals surface area contributed by atoms with Gasteiger partial charge in [-0.25, -0.2) is 0 Å². The van der Waals surface area contributed by atoms with Gasteiger partial charge in [-0.2, -0.15) is 0 Å². The van der Waals surface area contributed by atoms with E-state index in [9.17, 15) is 0 Å². The van der Waals surface area contributed by atoms with Crippen molar-refractivity contribution in [3.63, 3.8) is 0 Å². The second-order valence-electron chi connectivity index (χ2n) is 2.56. The van der Waals surface area contributed by atoms with E-state index in [1.807, 2.05) is 15.7 Å². The lowest BCUT2D eigenvalue weighted by molar-refractivity contribution is -0.121. The van der Waals surface area contributed by atoms with Crippen LogP contribution in [0.3, 0.4) is 0 Å². The van der Waals surface area contributed by atoms with Crippen LogP contribution in [0.4, 0.5) is 0 Å². The third-order valence-electron chi connectivity index (χ3n) is 1.55. The Labute approximate surface area is 76.3 Å². The molecule has 0 aliphatic carbocycles. The second-order valence-corrected chi connectivity index (χ2v) is 2.56. The minimum absolute atomic E-state index is 0.0773. The van der Waals surface area contributed by atoms with E-state index in [1.165, 1.54) is 0 Å². The highest BCUT2D eigenvalue weighted by Gasteiger charge is 2.05. The fraction of sp³-hybridized carbons (Fsp3) is 1.00. The molecule has 12 heavy (non-hydrogen) atoms. The van der Waals surface area contributed by atoms with Gasteiger partial charge in [0.2, 0.25) is 0 Å². The Kier molecular flexibility index (Phi) is 9.11. The number of rotatable bonds is 8. The van der Waals surface area contributed by atoms with Crippen LogP contribution in [0.25, 0.3) is 0 Å². The molecule has 0 atom stereocenters. The molecule has 0 amide bonds. The van der Waals surface area contributed by atoms with Crippen molar-refractivity contribution in [2.45, 2.75) is 25.6 Å². The van der Waals surface area contributed by atoms with Crippen LogP contribution in [0.5, 0.6) is 0 Å². The number of hydrogen-bond acceptors (Lipinski definition) is 3. The zero-order valence-electron chi connectivity index (χ0n) is 8.08. The number of hydrogen-bond donors (Lipinski definition) is 1. The standard InChI is InChI=1S/C7H18B2O3/c8-5-11-7(12-6-9)3-1-2-4-10/h7,10H,1-6,8-9H2. The minimum Gasteiger partial charge on any atom is -0.396 e. The van der Waals surface area contributed by atoms with Crippen molar-refractivity contribution in [1.29, 1.82) is 0 Å². The van der Waals surface area contributed by atoms with E-state index in [0.717, 1.165) is 19.3 Å². The van der Waals surface area contributed by atoms with Gasteiger partial charge in [-0.3, -0.25) is 0 Å². The van der Waals surface area contributed by atoms with Crippen LogP contribution in [0, 0.1) is 0 Å². The van der Waals surface area contributed by atoms with Crippen molar-refractivity contribution in [1.82, 2.24) is 0 Å². The normalized spacial score (nSPS) is 10.8. The number of unbranched alkanes of at least 4 members (excludes halogenated alkanes) is 1. The van der Waals surface area contributed by atoms with Crippen LogP contribution in [0.2, 0.25) is 0 Å². The van der Waals surface area contributed by atoms with E-state index in [0.29, 0.717) is 13.0 Å². The maximum Gasteiger partial charge on any atom is 0.155 e. The molecule has 0 rings (SSSR count). The van der Waals surface area contributed by atoms with Crippen molar-refractivity contribution in [3.8, 4) is 0 Å². The molecule has 0 aromatic carbocycles. The predicted octanol–water partition coefficient (Wildman–Crippen LogP) is -1.31. The highest BCUT2D eigenvalue weighted by atomic mass is 16.7. The zero-order valence-corrected chi connectivity index (χ0v) is 8.08. The molecule has 0 aliphatic rings. The highest BCUT2D eigenvalue weighted by Crippen LogP contribution is 2.05. The van der Waals surface area contributed by atoms with Crippen molar-refractivity contribution in [2.24, 2.45) is 0 Å². The molecule has 0 fully saturated rings. The van der Waals surface area contributed by atoms with Gasteiger partial charge >= 0.3 is 0 Å². The molecule has 1 N–H and O–H groups in total. The van der Waals surface area contributed by atoms with Gasteiger partial charge in [-0.1, -0.05) is 0 Å². The minimum atomic E-state index is -0.0773. The molecule has 0 aromatic heterocycles. The summed E-state index contributed by atoms with van der Waals surface area (Å²) in [7, 11) is 3.91. The summed E-state index contributed by atoms with van der Waals surface area (Å²) in [5.74, 6) is 0. The molecule has 0 saturated carbocycles. The first-order chi connectivity index (χ1) is 5.85. The molecule has 0 radical (unpaired) electrons. The smallest absolute Gasteiger partial charge is 0.155 e. The summed E-state index contributed by atoms with van der Waals surface area (Å²) in [6, 6.07) is 0. The fourth-order valence-electron chi connectivity index (χ4n) is 1.01. The fourth-order valence-corrected chi connectivity index (χ4v) is 1.01. The maximum atomic E-state index is 8.56. The summed E-state index contributed by atoms with van der Waals surface area (Å²) >= 11 is 0. The van der Waals surface area contributed by atoms with Gasteiger partial charge in [-0.15, -0.1) is 0 Å². The first kappa shape index (κ1) is 12.0. The lowest BCUT2D eigenvalue weighted by Crippen LogP contribution is -2.19. The van der Waals surface area contributed by atoms with Crippen molar-refractivity contribution in [3.05, 3.63) is 0 Å². The van der Waals surface area contributed by atoms with Gasteiger partial charge in [0.15, 0.2) is 6.29 Å². The zero-order chi connectivity index (χ0) is 9.23. The average Bonchev–Trinajstić information content (AvgIpc) is 2.06. The summed E-state index contributed by atoms with van der Waals surface area (Å²) in [4.78, 5) is 0. The van der Waals surface area contributed by atoms with E-state index in [2.05, 4.69) is 0 Å². The molecule has 5 heteroatoms. The van der Waals surface area contributed by atoms with Crippen LogP contribution >= 0.6 is 0 Å². The van der Waals surface area contributed by atoms with Crippen LogP contribution < -0.4 is 0 Å². The first-order valence-corrected chi connectivity index (χ1v) is 4.69. The summed E-state index contributed by atoms with van der Waals surface area (Å²) in [5.41, 5.74) is 0. The Bertz CT molecular complexity index is 86.7. The van der Waals surface area contributed by atoms with Gasteiger partial charge in [0, 0.05) is 19.6 Å². The average molecular weight is 172 g/mol. The largest absolute Gasteiger partial charge is 0.396 e. The van der Waals surface area contributed by atoms with E-state index in [1.54, 1.807) is 0 Å². The molecule has 0 unspecified atom stereocenters. The molecular weight excluding hydrogens is 154 g/mol. The summed E-state index contributed by atoms with van der Waals surface area (Å²) in [5, 5.41) is 8.56. The van der Waals surface area contributed by atoms with Crippen molar-refractivity contribution in [2.75, 3.05) is 19.6 Å². The number of ether oxygens (including phenoxy) is 2. The van der Waals surface area contributed by atoms with E-state index in [4.69, 9.17) is 14.6 Å². The van der Waals surface area contributed by atoms with Gasteiger partial charge in [0.1, 0.15) is 15.7 Å². The Morgan fingerprint density at radius 1 is 1.08 bits per heavy atom. The topological polar surface area (TPSA) is 38.7 Å². The van der Waals surface area contributed by atoms with Gasteiger partial charge in [0.25, 0.3) is 0 Å². The Morgan fingerprint density at radius 3 is 2.08 bits per heavy atom. The summed E-state index contributed by atoms with van der Waals surface area (Å²) in [6.45, 7) is 1.62. The van der Waals surface area contributed by atoms with Crippen LogP contribution in [0.1, 0.15) is 19.3 Å². The monoisotopic (exact) mass is 172 g/mol. The molecule has 0 aliphatic heterocycles. The lowest BCUT2D eigenvalue weighted by Gasteiger charge is -2.16. The molecule has 0 spiro atoms. The SMILES string of the molecule is BCOC(CCCCO)OCB. The van der Waals surface area contributed by atoms with Gasteiger partial charge in [-0.05, 0) is 19.3 Å². The molecule has 0 saturated heterocycles. The highest BCUT2D eigenvalue weighted by molar-refractivity contribution is 6.08. The first-order valence-electron chi connectivity index (χ1n) is 4.69. The number of aliphatic hydroxyl groups excluding tert-OH is 1. The molecule has 0 aromatic rings.